The van der Waals surface area contributed by atoms with Gasteiger partial charge in [0.2, 0.25) is 0 Å². The number of methoxy groups -OCH3 is 1. The van der Waals surface area contributed by atoms with Crippen molar-refractivity contribution in [3.05, 3.63) is 60.3 Å². The van der Waals surface area contributed by atoms with Crippen molar-refractivity contribution >= 4 is 28.9 Å². The minimum atomic E-state index is 0. The SMILES string of the molecule is COC1CCCN(CCOc2ccc3oc(-c4cc5cccn5cn4)c/c(=N/O)c3c2)C1.Cl. The van der Waals surface area contributed by atoms with E-state index in [0.29, 0.717) is 46.2 Å². The summed E-state index contributed by atoms with van der Waals surface area (Å²) in [7, 11) is 1.77. The van der Waals surface area contributed by atoms with Crippen molar-refractivity contribution in [1.82, 2.24) is 14.3 Å². The van der Waals surface area contributed by atoms with Crippen LogP contribution in [0.1, 0.15) is 12.8 Å². The predicted molar refractivity (Wildman–Crippen MR) is 127 cm³/mol. The van der Waals surface area contributed by atoms with E-state index in [-0.39, 0.29) is 12.4 Å². The Bertz CT molecular complexity index is 1300. The van der Waals surface area contributed by atoms with E-state index in [0.717, 1.165) is 38.0 Å². The Balaban J connectivity index is 0.00000259. The molecule has 1 saturated heterocycles. The Morgan fingerprint density at radius 1 is 1.24 bits per heavy atom. The van der Waals surface area contributed by atoms with Crippen LogP contribution in [0.25, 0.3) is 27.9 Å². The van der Waals surface area contributed by atoms with E-state index in [1.54, 1.807) is 19.5 Å². The molecule has 5 rings (SSSR count). The maximum atomic E-state index is 9.63. The summed E-state index contributed by atoms with van der Waals surface area (Å²) in [6.07, 6.45) is 6.23. The third-order valence-corrected chi connectivity index (χ3v) is 5.96. The van der Waals surface area contributed by atoms with Gasteiger partial charge in [0.05, 0.1) is 17.8 Å². The minimum Gasteiger partial charge on any atom is -0.492 e. The lowest BCUT2D eigenvalue weighted by Gasteiger charge is -2.31. The van der Waals surface area contributed by atoms with Crippen molar-refractivity contribution in [3.63, 3.8) is 0 Å². The molecule has 0 bridgehead atoms. The monoisotopic (exact) mass is 470 g/mol. The molecule has 0 radical (unpaired) electrons. The molecular weight excluding hydrogens is 444 g/mol. The molecule has 1 atom stereocenters. The van der Waals surface area contributed by atoms with Crippen LogP contribution in [0, 0.1) is 0 Å². The maximum absolute atomic E-state index is 9.63. The second-order valence-corrected chi connectivity index (χ2v) is 8.02. The molecule has 4 aromatic rings. The van der Waals surface area contributed by atoms with E-state index in [1.165, 1.54) is 0 Å². The highest BCUT2D eigenvalue weighted by molar-refractivity contribution is 5.85. The number of fused-ring (bicyclic) bond motifs is 2. The van der Waals surface area contributed by atoms with Crippen LogP contribution in [0.3, 0.4) is 0 Å². The Labute approximate surface area is 197 Å². The zero-order valence-corrected chi connectivity index (χ0v) is 19.2. The van der Waals surface area contributed by atoms with E-state index < -0.39 is 0 Å². The first-order valence-corrected chi connectivity index (χ1v) is 10.8. The van der Waals surface area contributed by atoms with Crippen molar-refractivity contribution in [2.75, 3.05) is 33.4 Å². The highest BCUT2D eigenvalue weighted by atomic mass is 35.5. The molecule has 3 aromatic heterocycles. The molecule has 0 amide bonds. The zero-order chi connectivity index (χ0) is 21.9. The number of hydrogen-bond acceptors (Lipinski definition) is 7. The van der Waals surface area contributed by atoms with Crippen molar-refractivity contribution < 1.29 is 19.1 Å². The first-order valence-electron chi connectivity index (χ1n) is 10.8. The summed E-state index contributed by atoms with van der Waals surface area (Å²) in [5.41, 5.74) is 2.26. The topological polar surface area (TPSA) is 84.7 Å². The number of benzene rings is 1. The first-order chi connectivity index (χ1) is 15.7. The molecule has 1 fully saturated rings. The maximum Gasteiger partial charge on any atom is 0.155 e. The minimum absolute atomic E-state index is 0. The van der Waals surface area contributed by atoms with Crippen LogP contribution in [0.2, 0.25) is 0 Å². The fraction of sp³-hybridized carbons (Fsp3) is 0.333. The summed E-state index contributed by atoms with van der Waals surface area (Å²) < 4.78 is 19.5. The second kappa shape index (κ2) is 10.2. The molecule has 0 saturated carbocycles. The lowest BCUT2D eigenvalue weighted by molar-refractivity contribution is 0.0272. The van der Waals surface area contributed by atoms with Gasteiger partial charge in [-0.2, -0.15) is 0 Å². The smallest absolute Gasteiger partial charge is 0.155 e. The van der Waals surface area contributed by atoms with E-state index >= 15 is 0 Å². The normalized spacial score (nSPS) is 17.4. The number of likely N-dealkylation sites (tertiary alicyclic amines) is 1. The fourth-order valence-corrected chi connectivity index (χ4v) is 4.22. The van der Waals surface area contributed by atoms with Crippen LogP contribution in [-0.2, 0) is 4.74 Å². The van der Waals surface area contributed by atoms with E-state index in [2.05, 4.69) is 15.0 Å². The Morgan fingerprint density at radius 2 is 2.15 bits per heavy atom. The Hall–Kier alpha value is -3.07. The highest BCUT2D eigenvalue weighted by Crippen LogP contribution is 2.24. The van der Waals surface area contributed by atoms with Gasteiger partial charge in [0, 0.05) is 38.0 Å². The van der Waals surface area contributed by atoms with Crippen LogP contribution in [-0.4, -0.2) is 58.9 Å². The molecule has 4 heterocycles. The van der Waals surface area contributed by atoms with Gasteiger partial charge in [-0.3, -0.25) is 4.90 Å². The molecule has 33 heavy (non-hydrogen) atoms. The lowest BCUT2D eigenvalue weighted by atomic mass is 10.1. The van der Waals surface area contributed by atoms with Gasteiger partial charge < -0.3 is 23.5 Å². The van der Waals surface area contributed by atoms with Gasteiger partial charge in [-0.15, -0.1) is 12.4 Å². The van der Waals surface area contributed by atoms with E-state index in [9.17, 15) is 5.21 Å². The van der Waals surface area contributed by atoms with Crippen molar-refractivity contribution in [1.29, 1.82) is 0 Å². The third kappa shape index (κ3) is 4.98. The van der Waals surface area contributed by atoms with Gasteiger partial charge in [0.1, 0.15) is 29.0 Å². The number of rotatable bonds is 6. The molecule has 1 aliphatic heterocycles. The number of hydrogen-bond donors (Lipinski definition) is 1. The summed E-state index contributed by atoms with van der Waals surface area (Å²) in [5, 5.41) is 14.2. The molecular formula is C24H27ClN4O4. The van der Waals surface area contributed by atoms with Crippen molar-refractivity contribution in [2.24, 2.45) is 5.16 Å². The zero-order valence-electron chi connectivity index (χ0n) is 18.4. The number of aromatic nitrogens is 2. The molecule has 0 spiro atoms. The van der Waals surface area contributed by atoms with Gasteiger partial charge in [-0.25, -0.2) is 4.98 Å². The van der Waals surface area contributed by atoms with Crippen LogP contribution in [0.15, 0.2) is 64.6 Å². The van der Waals surface area contributed by atoms with Crippen molar-refractivity contribution in [2.45, 2.75) is 18.9 Å². The first kappa shape index (κ1) is 23.1. The lowest BCUT2D eigenvalue weighted by Crippen LogP contribution is -2.41. The van der Waals surface area contributed by atoms with Crippen LogP contribution < -0.4 is 10.1 Å². The predicted octanol–water partition coefficient (Wildman–Crippen LogP) is 3.95. The molecule has 174 valence electrons. The highest BCUT2D eigenvalue weighted by Gasteiger charge is 2.19. The quantitative estimate of drug-likeness (QED) is 0.339. The Kier molecular flexibility index (Phi) is 7.17. The fourth-order valence-electron chi connectivity index (χ4n) is 4.22. The summed E-state index contributed by atoms with van der Waals surface area (Å²) >= 11 is 0. The van der Waals surface area contributed by atoms with Gasteiger partial charge in [0.15, 0.2) is 5.76 Å². The average Bonchev–Trinajstić information content (AvgIpc) is 3.31. The van der Waals surface area contributed by atoms with Crippen molar-refractivity contribution in [3.8, 4) is 17.2 Å². The summed E-state index contributed by atoms with van der Waals surface area (Å²) in [4.78, 5) is 6.82. The van der Waals surface area contributed by atoms with Gasteiger partial charge >= 0.3 is 0 Å². The molecule has 1 N–H and O–H groups in total. The number of piperidine rings is 1. The molecule has 1 aromatic carbocycles. The number of nitrogens with zero attached hydrogens (tertiary/aromatic N) is 4. The largest absolute Gasteiger partial charge is 0.492 e. The molecule has 9 heteroatoms. The van der Waals surface area contributed by atoms with E-state index in [1.807, 2.05) is 47.0 Å². The molecule has 8 nitrogen and oxygen atoms in total. The molecule has 0 aliphatic carbocycles. The summed E-state index contributed by atoms with van der Waals surface area (Å²) in [5.74, 6) is 1.24. The van der Waals surface area contributed by atoms with E-state index in [4.69, 9.17) is 13.9 Å². The molecule has 1 unspecified atom stereocenters. The van der Waals surface area contributed by atoms with Gasteiger partial charge in [0.25, 0.3) is 0 Å². The second-order valence-electron chi connectivity index (χ2n) is 8.02. The average molecular weight is 471 g/mol. The molecule has 1 aliphatic rings. The summed E-state index contributed by atoms with van der Waals surface area (Å²) in [6, 6.07) is 13.1. The van der Waals surface area contributed by atoms with Gasteiger partial charge in [-0.1, -0.05) is 5.16 Å². The van der Waals surface area contributed by atoms with Gasteiger partial charge in [-0.05, 0) is 55.8 Å². The van der Waals surface area contributed by atoms with Crippen LogP contribution in [0.5, 0.6) is 5.75 Å². The standard InChI is InChI=1S/C24H26N4O4.ClH/c1-30-19-5-3-8-27(15-19)10-11-31-18-6-7-23-20(13-18)21(26-29)14-24(32-23)22-12-17-4-2-9-28(17)16-25-22;/h2,4,6-7,9,12-14,16,19,29H,3,5,8,10-11,15H2,1H3;1H/b26-21-;. The third-order valence-electron chi connectivity index (χ3n) is 5.96. The number of halogens is 1. The summed E-state index contributed by atoms with van der Waals surface area (Å²) in [6.45, 7) is 3.42. The van der Waals surface area contributed by atoms with Crippen LogP contribution in [0.4, 0.5) is 0 Å². The van der Waals surface area contributed by atoms with Crippen LogP contribution >= 0.6 is 12.4 Å². The number of ether oxygens (including phenoxy) is 2. The Morgan fingerprint density at radius 3 is 3.00 bits per heavy atom.